The third-order valence-electron chi connectivity index (χ3n) is 4.58. The highest BCUT2D eigenvalue weighted by molar-refractivity contribution is 7.89. The second kappa shape index (κ2) is 8.94. The monoisotopic (exact) mass is 416 g/mol. The Labute approximate surface area is 176 Å². The van der Waals surface area contributed by atoms with Crippen LogP contribution in [-0.2, 0) is 23.1 Å². The fourth-order valence-corrected chi connectivity index (χ4v) is 4.40. The van der Waals surface area contributed by atoms with Gasteiger partial charge in [0.15, 0.2) is 10.9 Å². The van der Waals surface area contributed by atoms with E-state index in [4.69, 9.17) is 0 Å². The van der Waals surface area contributed by atoms with E-state index in [0.717, 1.165) is 16.7 Å². The zero-order valence-corrected chi connectivity index (χ0v) is 17.0. The van der Waals surface area contributed by atoms with Crippen LogP contribution in [0.1, 0.15) is 11.1 Å². The number of hydrogen-bond acceptors (Lipinski definition) is 5. The number of rotatable bonds is 7. The molecule has 0 atom stereocenters. The number of hydrogen-bond donors (Lipinski definition) is 0. The molecule has 6 nitrogen and oxygen atoms in total. The number of nitrogens with zero attached hydrogens (tertiary/aromatic N) is 4. The first-order chi connectivity index (χ1) is 14.6. The Balaban J connectivity index is 1.63. The van der Waals surface area contributed by atoms with Crippen LogP contribution < -0.4 is 0 Å². The van der Waals surface area contributed by atoms with Gasteiger partial charge in [-0.2, -0.15) is 4.31 Å². The van der Waals surface area contributed by atoms with E-state index in [1.165, 1.54) is 16.6 Å². The molecular formula is C23H20N4O2S. The molecule has 0 bridgehead atoms. The van der Waals surface area contributed by atoms with Gasteiger partial charge in [0.1, 0.15) is 0 Å². The Bertz CT molecular complexity index is 1180. The number of aromatic nitrogens is 3. The molecule has 0 fully saturated rings. The van der Waals surface area contributed by atoms with Crippen LogP contribution in [0, 0.1) is 0 Å². The highest BCUT2D eigenvalue weighted by atomic mass is 32.2. The van der Waals surface area contributed by atoms with Crippen LogP contribution in [0.4, 0.5) is 0 Å². The van der Waals surface area contributed by atoms with E-state index in [-0.39, 0.29) is 18.1 Å². The second-order valence-electron chi connectivity index (χ2n) is 6.70. The summed E-state index contributed by atoms with van der Waals surface area (Å²) in [6.07, 6.45) is 4.87. The third kappa shape index (κ3) is 4.59. The van der Waals surface area contributed by atoms with Gasteiger partial charge in [-0.25, -0.2) is 23.4 Å². The van der Waals surface area contributed by atoms with Crippen molar-refractivity contribution in [3.63, 3.8) is 0 Å². The van der Waals surface area contributed by atoms with Gasteiger partial charge in [-0.05, 0) is 29.3 Å². The van der Waals surface area contributed by atoms with Crippen molar-refractivity contribution >= 4 is 10.0 Å². The van der Waals surface area contributed by atoms with Crippen molar-refractivity contribution in [2.45, 2.75) is 18.1 Å². The van der Waals surface area contributed by atoms with E-state index in [0.29, 0.717) is 5.82 Å². The molecular weight excluding hydrogens is 396 g/mol. The van der Waals surface area contributed by atoms with Crippen molar-refractivity contribution in [2.75, 3.05) is 0 Å². The summed E-state index contributed by atoms with van der Waals surface area (Å²) in [5.74, 6) is 0.631. The summed E-state index contributed by atoms with van der Waals surface area (Å²) in [7, 11) is -3.76. The van der Waals surface area contributed by atoms with E-state index in [1.807, 2.05) is 54.6 Å². The molecule has 0 aliphatic heterocycles. The predicted octanol–water partition coefficient (Wildman–Crippen LogP) is 3.93. The minimum absolute atomic E-state index is 0.0373. The molecule has 30 heavy (non-hydrogen) atoms. The van der Waals surface area contributed by atoms with Crippen LogP contribution in [0.3, 0.4) is 0 Å². The van der Waals surface area contributed by atoms with Crippen LogP contribution in [0.15, 0.2) is 102 Å². The molecule has 0 N–H and O–H groups in total. The van der Waals surface area contributed by atoms with Crippen molar-refractivity contribution in [1.29, 1.82) is 0 Å². The summed E-state index contributed by atoms with van der Waals surface area (Å²) < 4.78 is 28.0. The minimum Gasteiger partial charge on any atom is -0.243 e. The number of benzene rings is 2. The van der Waals surface area contributed by atoms with Gasteiger partial charge in [0.05, 0.1) is 0 Å². The maximum atomic E-state index is 13.3. The molecule has 4 rings (SSSR count). The van der Waals surface area contributed by atoms with Crippen LogP contribution in [0.2, 0.25) is 0 Å². The van der Waals surface area contributed by atoms with Gasteiger partial charge in [0.2, 0.25) is 0 Å². The lowest BCUT2D eigenvalue weighted by molar-refractivity contribution is 0.399. The van der Waals surface area contributed by atoms with Crippen LogP contribution in [-0.4, -0.2) is 27.7 Å². The van der Waals surface area contributed by atoms with Crippen molar-refractivity contribution in [3.05, 3.63) is 109 Å². The molecule has 2 aromatic heterocycles. The summed E-state index contributed by atoms with van der Waals surface area (Å²) in [6.45, 7) is 0.479. The Morgan fingerprint density at radius 2 is 1.23 bits per heavy atom. The molecule has 0 saturated carbocycles. The maximum absolute atomic E-state index is 13.3. The quantitative estimate of drug-likeness (QED) is 0.456. The van der Waals surface area contributed by atoms with E-state index >= 15 is 0 Å². The SMILES string of the molecule is O=S(=O)(c1ccccn1)N(Cc1ccccc1)Cc1ccc(-c2ncccn2)cc1. The van der Waals surface area contributed by atoms with Gasteiger partial charge in [0, 0.05) is 37.2 Å². The first-order valence-corrected chi connectivity index (χ1v) is 10.9. The van der Waals surface area contributed by atoms with Gasteiger partial charge >= 0.3 is 0 Å². The lowest BCUT2D eigenvalue weighted by Crippen LogP contribution is -2.30. The van der Waals surface area contributed by atoms with E-state index in [9.17, 15) is 8.42 Å². The smallest absolute Gasteiger partial charge is 0.243 e. The largest absolute Gasteiger partial charge is 0.261 e. The van der Waals surface area contributed by atoms with Crippen LogP contribution in [0.5, 0.6) is 0 Å². The van der Waals surface area contributed by atoms with Crippen LogP contribution >= 0.6 is 0 Å². The highest BCUT2D eigenvalue weighted by Gasteiger charge is 2.26. The topological polar surface area (TPSA) is 76.1 Å². The molecule has 7 heteroatoms. The van der Waals surface area contributed by atoms with Crippen molar-refractivity contribution in [1.82, 2.24) is 19.3 Å². The minimum atomic E-state index is -3.76. The van der Waals surface area contributed by atoms with Gasteiger partial charge in [0.25, 0.3) is 10.0 Å². The first kappa shape index (κ1) is 19.9. The zero-order valence-electron chi connectivity index (χ0n) is 16.2. The molecule has 2 heterocycles. The summed E-state index contributed by atoms with van der Waals surface area (Å²) in [5.41, 5.74) is 2.65. The molecule has 0 aliphatic carbocycles. The Morgan fingerprint density at radius 1 is 0.633 bits per heavy atom. The average Bonchev–Trinajstić information content (AvgIpc) is 2.81. The average molecular weight is 417 g/mol. The van der Waals surface area contributed by atoms with Crippen LogP contribution in [0.25, 0.3) is 11.4 Å². The summed E-state index contributed by atoms with van der Waals surface area (Å²) in [4.78, 5) is 12.6. The normalized spacial score (nSPS) is 11.5. The lowest BCUT2D eigenvalue weighted by Gasteiger charge is -2.22. The maximum Gasteiger partial charge on any atom is 0.261 e. The molecule has 0 amide bonds. The molecule has 4 aromatic rings. The number of pyridine rings is 1. The number of sulfonamides is 1. The molecule has 0 radical (unpaired) electrons. The van der Waals surface area contributed by atoms with Gasteiger partial charge in [-0.3, -0.25) is 0 Å². The molecule has 150 valence electrons. The van der Waals surface area contributed by atoms with E-state index in [1.54, 1.807) is 30.6 Å². The Morgan fingerprint density at radius 3 is 1.87 bits per heavy atom. The van der Waals surface area contributed by atoms with Gasteiger partial charge < -0.3 is 0 Å². The molecule has 0 spiro atoms. The molecule has 0 aliphatic rings. The summed E-state index contributed by atoms with van der Waals surface area (Å²) in [6, 6.07) is 23.8. The lowest BCUT2D eigenvalue weighted by atomic mass is 10.1. The second-order valence-corrected chi connectivity index (χ2v) is 8.58. The summed E-state index contributed by atoms with van der Waals surface area (Å²) >= 11 is 0. The van der Waals surface area contributed by atoms with Crippen molar-refractivity contribution in [3.8, 4) is 11.4 Å². The predicted molar refractivity (Wildman–Crippen MR) is 115 cm³/mol. The summed E-state index contributed by atoms with van der Waals surface area (Å²) in [5, 5.41) is 0.0373. The fraction of sp³-hybridized carbons (Fsp3) is 0.0870. The van der Waals surface area contributed by atoms with Crippen molar-refractivity contribution < 1.29 is 8.42 Å². The Kier molecular flexibility index (Phi) is 5.92. The first-order valence-electron chi connectivity index (χ1n) is 9.44. The van der Waals surface area contributed by atoms with Crippen molar-refractivity contribution in [2.24, 2.45) is 0 Å². The Hall–Kier alpha value is -3.42. The molecule has 2 aromatic carbocycles. The zero-order chi connectivity index (χ0) is 20.8. The standard InChI is InChI=1S/C23H20N4O2S/c28-30(29,22-9-4-5-14-24-22)27(17-19-7-2-1-3-8-19)18-20-10-12-21(13-11-20)23-25-15-6-16-26-23/h1-16H,17-18H2. The van der Waals surface area contributed by atoms with Gasteiger partial charge in [-0.1, -0.05) is 60.7 Å². The highest BCUT2D eigenvalue weighted by Crippen LogP contribution is 2.21. The fourth-order valence-electron chi connectivity index (χ4n) is 3.06. The molecule has 0 saturated heterocycles. The van der Waals surface area contributed by atoms with Gasteiger partial charge in [-0.15, -0.1) is 0 Å². The van der Waals surface area contributed by atoms with E-state index in [2.05, 4.69) is 15.0 Å². The molecule has 0 unspecified atom stereocenters. The van der Waals surface area contributed by atoms with E-state index < -0.39 is 10.0 Å². The third-order valence-corrected chi connectivity index (χ3v) is 6.29.